The number of urea groups is 1. The van der Waals surface area contributed by atoms with Crippen LogP contribution in [0, 0.1) is 0 Å². The third-order valence-electron chi connectivity index (χ3n) is 4.24. The first kappa shape index (κ1) is 16.8. The molecule has 126 valence electrons. The van der Waals surface area contributed by atoms with Gasteiger partial charge in [-0.15, -0.1) is 0 Å². The molecule has 1 saturated heterocycles. The van der Waals surface area contributed by atoms with Gasteiger partial charge in [-0.2, -0.15) is 0 Å². The van der Waals surface area contributed by atoms with Crippen molar-refractivity contribution in [2.45, 2.75) is 13.0 Å². The van der Waals surface area contributed by atoms with Crippen molar-refractivity contribution in [3.8, 4) is 0 Å². The molecule has 1 aliphatic rings. The summed E-state index contributed by atoms with van der Waals surface area (Å²) in [6.45, 7) is 4.31. The number of carbonyl (C=O) groups is 1. The molecule has 1 N–H and O–H groups in total. The van der Waals surface area contributed by atoms with Crippen LogP contribution in [0.25, 0.3) is 0 Å². The summed E-state index contributed by atoms with van der Waals surface area (Å²) in [6, 6.07) is 17.7. The molecule has 0 radical (unpaired) electrons. The molecule has 0 bridgehead atoms. The standard InChI is InChI=1S/C19H22ClN3O/c20-17-9-4-5-10-18(17)21-19(24)23-12-6-11-22(13-14-23)15-16-7-2-1-3-8-16/h1-5,7-10H,6,11-15H2,(H,21,24). The van der Waals surface area contributed by atoms with Gasteiger partial charge in [-0.3, -0.25) is 4.90 Å². The van der Waals surface area contributed by atoms with Gasteiger partial charge in [0.2, 0.25) is 0 Å². The maximum absolute atomic E-state index is 12.5. The summed E-state index contributed by atoms with van der Waals surface area (Å²) in [4.78, 5) is 16.7. The Morgan fingerprint density at radius 3 is 2.50 bits per heavy atom. The SMILES string of the molecule is O=C(Nc1ccccc1Cl)N1CCCN(Cc2ccccc2)CC1. The minimum Gasteiger partial charge on any atom is -0.323 e. The van der Waals surface area contributed by atoms with Crippen molar-refractivity contribution < 1.29 is 4.79 Å². The molecule has 0 atom stereocenters. The molecule has 1 aliphatic heterocycles. The van der Waals surface area contributed by atoms with Gasteiger partial charge in [0, 0.05) is 32.7 Å². The molecule has 1 heterocycles. The predicted octanol–water partition coefficient (Wildman–Crippen LogP) is 4.08. The lowest BCUT2D eigenvalue weighted by Gasteiger charge is -2.22. The van der Waals surface area contributed by atoms with Crippen LogP contribution in [0.5, 0.6) is 0 Å². The molecule has 2 amide bonds. The summed E-state index contributed by atoms with van der Waals surface area (Å²) >= 11 is 6.11. The number of amides is 2. The molecule has 2 aromatic rings. The molecule has 24 heavy (non-hydrogen) atoms. The number of hydrogen-bond donors (Lipinski definition) is 1. The Kier molecular flexibility index (Phi) is 5.72. The molecule has 3 rings (SSSR count). The largest absolute Gasteiger partial charge is 0.323 e. The maximum atomic E-state index is 12.5. The van der Waals surface area contributed by atoms with Crippen LogP contribution in [-0.2, 0) is 6.54 Å². The second-order valence-corrected chi connectivity index (χ2v) is 6.42. The van der Waals surface area contributed by atoms with Crippen LogP contribution in [0.4, 0.5) is 10.5 Å². The highest BCUT2D eigenvalue weighted by Gasteiger charge is 2.19. The summed E-state index contributed by atoms with van der Waals surface area (Å²) in [6.07, 6.45) is 0.975. The van der Waals surface area contributed by atoms with E-state index in [1.54, 1.807) is 6.07 Å². The van der Waals surface area contributed by atoms with Gasteiger partial charge in [-0.05, 0) is 24.1 Å². The third-order valence-corrected chi connectivity index (χ3v) is 4.57. The Morgan fingerprint density at radius 2 is 1.71 bits per heavy atom. The quantitative estimate of drug-likeness (QED) is 0.911. The van der Waals surface area contributed by atoms with E-state index in [1.807, 2.05) is 29.2 Å². The van der Waals surface area contributed by atoms with Crippen molar-refractivity contribution in [2.24, 2.45) is 0 Å². The van der Waals surface area contributed by atoms with Crippen molar-refractivity contribution in [3.05, 3.63) is 65.2 Å². The first-order valence-electron chi connectivity index (χ1n) is 8.29. The molecule has 1 fully saturated rings. The molecule has 5 heteroatoms. The van der Waals surface area contributed by atoms with Crippen molar-refractivity contribution in [1.82, 2.24) is 9.80 Å². The van der Waals surface area contributed by atoms with Crippen LogP contribution < -0.4 is 5.32 Å². The fourth-order valence-electron chi connectivity index (χ4n) is 2.93. The van der Waals surface area contributed by atoms with Crippen molar-refractivity contribution in [3.63, 3.8) is 0 Å². The van der Waals surface area contributed by atoms with Crippen molar-refractivity contribution >= 4 is 23.3 Å². The lowest BCUT2D eigenvalue weighted by Crippen LogP contribution is -2.38. The molecule has 0 aliphatic carbocycles. The Hall–Kier alpha value is -2.04. The monoisotopic (exact) mass is 343 g/mol. The number of carbonyl (C=O) groups excluding carboxylic acids is 1. The van der Waals surface area contributed by atoms with E-state index in [0.717, 1.165) is 39.1 Å². The third kappa shape index (κ3) is 4.49. The van der Waals surface area contributed by atoms with E-state index in [4.69, 9.17) is 11.6 Å². The number of nitrogens with zero attached hydrogens (tertiary/aromatic N) is 2. The zero-order chi connectivity index (χ0) is 16.8. The number of halogens is 1. The first-order valence-corrected chi connectivity index (χ1v) is 8.67. The molecular weight excluding hydrogens is 322 g/mol. The summed E-state index contributed by atoms with van der Waals surface area (Å²) in [5.74, 6) is 0. The number of anilines is 1. The molecule has 0 unspecified atom stereocenters. The van der Waals surface area contributed by atoms with Gasteiger partial charge in [0.05, 0.1) is 10.7 Å². The maximum Gasteiger partial charge on any atom is 0.321 e. The fraction of sp³-hybridized carbons (Fsp3) is 0.316. The predicted molar refractivity (Wildman–Crippen MR) is 98.4 cm³/mol. The molecule has 4 nitrogen and oxygen atoms in total. The topological polar surface area (TPSA) is 35.6 Å². The lowest BCUT2D eigenvalue weighted by atomic mass is 10.2. The Balaban J connectivity index is 1.55. The number of para-hydroxylation sites is 1. The van der Waals surface area contributed by atoms with Gasteiger partial charge >= 0.3 is 6.03 Å². The summed E-state index contributed by atoms with van der Waals surface area (Å²) in [7, 11) is 0. The van der Waals surface area contributed by atoms with Crippen LogP contribution in [0.15, 0.2) is 54.6 Å². The highest BCUT2D eigenvalue weighted by molar-refractivity contribution is 6.33. The van der Waals surface area contributed by atoms with E-state index in [9.17, 15) is 4.79 Å². The van der Waals surface area contributed by atoms with Crippen LogP contribution in [0.1, 0.15) is 12.0 Å². The van der Waals surface area contributed by atoms with E-state index in [2.05, 4.69) is 34.5 Å². The second kappa shape index (κ2) is 8.18. The molecule has 0 saturated carbocycles. The number of nitrogens with one attached hydrogen (secondary N) is 1. The summed E-state index contributed by atoms with van der Waals surface area (Å²) < 4.78 is 0. The van der Waals surface area contributed by atoms with Gasteiger partial charge in [0.25, 0.3) is 0 Å². The minimum absolute atomic E-state index is 0.0790. The average Bonchev–Trinajstić information content (AvgIpc) is 2.83. The van der Waals surface area contributed by atoms with Crippen LogP contribution in [-0.4, -0.2) is 42.0 Å². The van der Waals surface area contributed by atoms with Gasteiger partial charge in [0.1, 0.15) is 0 Å². The fourth-order valence-corrected chi connectivity index (χ4v) is 3.11. The first-order chi connectivity index (χ1) is 11.7. The number of rotatable bonds is 3. The average molecular weight is 344 g/mol. The molecule has 0 aromatic heterocycles. The minimum atomic E-state index is -0.0790. The highest BCUT2D eigenvalue weighted by atomic mass is 35.5. The summed E-state index contributed by atoms with van der Waals surface area (Å²) in [5.41, 5.74) is 1.97. The zero-order valence-electron chi connectivity index (χ0n) is 13.6. The lowest BCUT2D eigenvalue weighted by molar-refractivity contribution is 0.211. The molecular formula is C19H22ClN3O. The van der Waals surface area contributed by atoms with E-state index >= 15 is 0 Å². The van der Waals surface area contributed by atoms with Gasteiger partial charge in [-0.1, -0.05) is 54.1 Å². The smallest absolute Gasteiger partial charge is 0.321 e. The molecule has 2 aromatic carbocycles. The van der Waals surface area contributed by atoms with E-state index in [0.29, 0.717) is 10.7 Å². The van der Waals surface area contributed by atoms with E-state index in [-0.39, 0.29) is 6.03 Å². The Morgan fingerprint density at radius 1 is 0.958 bits per heavy atom. The number of hydrogen-bond acceptors (Lipinski definition) is 2. The van der Waals surface area contributed by atoms with Crippen LogP contribution >= 0.6 is 11.6 Å². The van der Waals surface area contributed by atoms with Crippen LogP contribution in [0.2, 0.25) is 5.02 Å². The van der Waals surface area contributed by atoms with Gasteiger partial charge in [0.15, 0.2) is 0 Å². The van der Waals surface area contributed by atoms with E-state index < -0.39 is 0 Å². The Bertz CT molecular complexity index is 677. The van der Waals surface area contributed by atoms with E-state index in [1.165, 1.54) is 5.56 Å². The van der Waals surface area contributed by atoms with Gasteiger partial charge in [-0.25, -0.2) is 4.79 Å². The van der Waals surface area contributed by atoms with Crippen LogP contribution in [0.3, 0.4) is 0 Å². The zero-order valence-corrected chi connectivity index (χ0v) is 14.4. The van der Waals surface area contributed by atoms with Gasteiger partial charge < -0.3 is 10.2 Å². The second-order valence-electron chi connectivity index (χ2n) is 6.01. The normalized spacial score (nSPS) is 15.8. The highest BCUT2D eigenvalue weighted by Crippen LogP contribution is 2.21. The Labute approximate surface area is 148 Å². The molecule has 0 spiro atoms. The van der Waals surface area contributed by atoms with Crippen molar-refractivity contribution in [2.75, 3.05) is 31.5 Å². The summed E-state index contributed by atoms with van der Waals surface area (Å²) in [5, 5.41) is 3.47. The van der Waals surface area contributed by atoms with Crippen molar-refractivity contribution in [1.29, 1.82) is 0 Å². The number of benzene rings is 2.